The third kappa shape index (κ3) is 6.21. The maximum Gasteiger partial charge on any atom is 0.418 e. The molecular formula is C22H25F3N4O2. The number of hydrogen-bond donors (Lipinski definition) is 2. The van der Waals surface area contributed by atoms with Crippen molar-refractivity contribution in [3.8, 4) is 0 Å². The highest BCUT2D eigenvalue weighted by Crippen LogP contribution is 2.34. The van der Waals surface area contributed by atoms with Gasteiger partial charge in [-0.25, -0.2) is 4.79 Å². The fourth-order valence-corrected chi connectivity index (χ4v) is 3.44. The van der Waals surface area contributed by atoms with Crippen LogP contribution in [0.1, 0.15) is 24.1 Å². The molecule has 3 amide bonds. The van der Waals surface area contributed by atoms with Crippen LogP contribution in [0.25, 0.3) is 0 Å². The molecule has 1 heterocycles. The SMILES string of the molecule is C[C@@H](NC(=O)N1CCN(CC(=O)Nc2ccccc2C(F)(F)F)CC1)c1ccccc1. The van der Waals surface area contributed by atoms with E-state index in [4.69, 9.17) is 0 Å². The summed E-state index contributed by atoms with van der Waals surface area (Å²) in [5, 5.41) is 5.31. The van der Waals surface area contributed by atoms with Crippen LogP contribution in [-0.2, 0) is 11.0 Å². The number of rotatable bonds is 5. The lowest BCUT2D eigenvalue weighted by Crippen LogP contribution is -2.53. The van der Waals surface area contributed by atoms with E-state index >= 15 is 0 Å². The van der Waals surface area contributed by atoms with Gasteiger partial charge in [0.25, 0.3) is 0 Å². The number of alkyl halides is 3. The van der Waals surface area contributed by atoms with Crippen molar-refractivity contribution in [1.82, 2.24) is 15.1 Å². The van der Waals surface area contributed by atoms with Crippen LogP contribution in [0.4, 0.5) is 23.7 Å². The zero-order valence-electron chi connectivity index (χ0n) is 17.2. The van der Waals surface area contributed by atoms with Gasteiger partial charge in [0.15, 0.2) is 0 Å². The van der Waals surface area contributed by atoms with E-state index in [1.807, 2.05) is 42.2 Å². The smallest absolute Gasteiger partial charge is 0.331 e. The molecule has 1 saturated heterocycles. The molecule has 6 nitrogen and oxygen atoms in total. The number of piperazine rings is 1. The number of benzene rings is 2. The van der Waals surface area contributed by atoms with E-state index in [0.717, 1.165) is 11.6 Å². The molecule has 0 aliphatic carbocycles. The number of urea groups is 1. The van der Waals surface area contributed by atoms with Crippen LogP contribution >= 0.6 is 0 Å². The fourth-order valence-electron chi connectivity index (χ4n) is 3.44. The van der Waals surface area contributed by atoms with E-state index in [1.165, 1.54) is 18.2 Å². The van der Waals surface area contributed by atoms with Crippen LogP contribution in [-0.4, -0.2) is 54.5 Å². The van der Waals surface area contributed by atoms with E-state index in [9.17, 15) is 22.8 Å². The lowest BCUT2D eigenvalue weighted by atomic mass is 10.1. The Morgan fingerprint density at radius 3 is 2.23 bits per heavy atom. The summed E-state index contributed by atoms with van der Waals surface area (Å²) < 4.78 is 39.2. The zero-order chi connectivity index (χ0) is 22.4. The third-order valence-electron chi connectivity index (χ3n) is 5.17. The van der Waals surface area contributed by atoms with E-state index in [2.05, 4.69) is 10.6 Å². The first-order valence-electron chi connectivity index (χ1n) is 10.0. The average molecular weight is 434 g/mol. The van der Waals surface area contributed by atoms with Crippen molar-refractivity contribution >= 4 is 17.6 Å². The number of halogens is 3. The van der Waals surface area contributed by atoms with Gasteiger partial charge in [0, 0.05) is 26.2 Å². The average Bonchev–Trinajstić information content (AvgIpc) is 2.74. The Hall–Kier alpha value is -3.07. The van der Waals surface area contributed by atoms with Crippen molar-refractivity contribution in [3.63, 3.8) is 0 Å². The second kappa shape index (κ2) is 9.82. The van der Waals surface area contributed by atoms with Crippen LogP contribution in [0, 0.1) is 0 Å². The molecule has 0 spiro atoms. The highest BCUT2D eigenvalue weighted by molar-refractivity contribution is 5.93. The summed E-state index contributed by atoms with van der Waals surface area (Å²) in [6.07, 6.45) is -4.54. The van der Waals surface area contributed by atoms with Gasteiger partial charge in [0.05, 0.1) is 23.8 Å². The maximum absolute atomic E-state index is 13.1. The number of nitrogens with zero attached hydrogens (tertiary/aromatic N) is 2. The summed E-state index contributed by atoms with van der Waals surface area (Å²) in [6.45, 7) is 3.65. The lowest BCUT2D eigenvalue weighted by molar-refractivity contribution is -0.137. The quantitative estimate of drug-likeness (QED) is 0.754. The minimum Gasteiger partial charge on any atom is -0.331 e. The van der Waals surface area contributed by atoms with Crippen LogP contribution in [0.5, 0.6) is 0 Å². The molecule has 9 heteroatoms. The van der Waals surface area contributed by atoms with E-state index in [1.54, 1.807) is 4.90 Å². The lowest BCUT2D eigenvalue weighted by Gasteiger charge is -2.35. The van der Waals surface area contributed by atoms with Crippen molar-refractivity contribution in [2.75, 3.05) is 38.0 Å². The monoisotopic (exact) mass is 434 g/mol. The predicted octanol–water partition coefficient (Wildman–Crippen LogP) is 3.73. The van der Waals surface area contributed by atoms with Crippen molar-refractivity contribution in [3.05, 3.63) is 65.7 Å². The van der Waals surface area contributed by atoms with Gasteiger partial charge in [-0.05, 0) is 24.6 Å². The summed E-state index contributed by atoms with van der Waals surface area (Å²) in [6, 6.07) is 14.2. The summed E-state index contributed by atoms with van der Waals surface area (Å²) in [5.74, 6) is -0.521. The molecule has 0 bridgehead atoms. The predicted molar refractivity (Wildman–Crippen MR) is 111 cm³/mol. The second-order valence-electron chi connectivity index (χ2n) is 7.44. The molecule has 1 fully saturated rings. The van der Waals surface area contributed by atoms with Crippen LogP contribution in [0.15, 0.2) is 54.6 Å². The summed E-state index contributed by atoms with van der Waals surface area (Å²) in [5.41, 5.74) is -0.129. The molecule has 2 aromatic rings. The zero-order valence-corrected chi connectivity index (χ0v) is 17.2. The van der Waals surface area contributed by atoms with Gasteiger partial charge in [-0.15, -0.1) is 0 Å². The van der Waals surface area contributed by atoms with Crippen molar-refractivity contribution in [1.29, 1.82) is 0 Å². The van der Waals surface area contributed by atoms with Gasteiger partial charge in [0.1, 0.15) is 0 Å². The normalized spacial score (nSPS) is 15.9. The van der Waals surface area contributed by atoms with Gasteiger partial charge < -0.3 is 15.5 Å². The number of nitrogens with one attached hydrogen (secondary N) is 2. The third-order valence-corrected chi connectivity index (χ3v) is 5.17. The first-order chi connectivity index (χ1) is 14.7. The number of para-hydroxylation sites is 1. The Balaban J connectivity index is 1.47. The van der Waals surface area contributed by atoms with E-state index in [0.29, 0.717) is 26.2 Å². The number of amides is 3. The molecule has 3 rings (SSSR count). The Labute approximate surface area is 179 Å². The number of carbonyl (C=O) groups excluding carboxylic acids is 2. The molecule has 0 unspecified atom stereocenters. The molecule has 1 aliphatic heterocycles. The van der Waals surface area contributed by atoms with Gasteiger partial charge >= 0.3 is 12.2 Å². The van der Waals surface area contributed by atoms with Crippen LogP contribution in [0.3, 0.4) is 0 Å². The maximum atomic E-state index is 13.1. The Morgan fingerprint density at radius 1 is 0.968 bits per heavy atom. The molecule has 0 radical (unpaired) electrons. The van der Waals surface area contributed by atoms with Crippen LogP contribution in [0.2, 0.25) is 0 Å². The highest BCUT2D eigenvalue weighted by atomic mass is 19.4. The van der Waals surface area contributed by atoms with Gasteiger partial charge in [-0.1, -0.05) is 42.5 Å². The molecule has 2 aromatic carbocycles. The molecular weight excluding hydrogens is 409 g/mol. The second-order valence-corrected chi connectivity index (χ2v) is 7.44. The standard InChI is InChI=1S/C22H25F3N4O2/c1-16(17-7-3-2-4-8-17)26-21(31)29-13-11-28(12-14-29)15-20(30)27-19-10-6-5-9-18(19)22(23,24)25/h2-10,16H,11-15H2,1H3,(H,26,31)(H,27,30)/t16-/m1/s1. The number of carbonyl (C=O) groups is 2. The van der Waals surface area contributed by atoms with Crippen molar-refractivity contribution in [2.24, 2.45) is 0 Å². The Morgan fingerprint density at radius 2 is 1.58 bits per heavy atom. The fraction of sp³-hybridized carbons (Fsp3) is 0.364. The molecule has 0 saturated carbocycles. The molecule has 166 valence electrons. The highest BCUT2D eigenvalue weighted by Gasteiger charge is 2.33. The van der Waals surface area contributed by atoms with Crippen molar-refractivity contribution < 1.29 is 22.8 Å². The largest absolute Gasteiger partial charge is 0.418 e. The molecule has 1 aliphatic rings. The number of anilines is 1. The molecule has 0 aromatic heterocycles. The first kappa shape index (κ1) is 22.6. The Bertz CT molecular complexity index is 897. The summed E-state index contributed by atoms with van der Waals surface area (Å²) in [7, 11) is 0. The molecule has 31 heavy (non-hydrogen) atoms. The Kier molecular flexibility index (Phi) is 7.17. The molecule has 1 atom stereocenters. The van der Waals surface area contributed by atoms with Gasteiger partial charge in [0.2, 0.25) is 5.91 Å². The van der Waals surface area contributed by atoms with E-state index < -0.39 is 17.6 Å². The summed E-state index contributed by atoms with van der Waals surface area (Å²) in [4.78, 5) is 28.2. The summed E-state index contributed by atoms with van der Waals surface area (Å²) >= 11 is 0. The van der Waals surface area contributed by atoms with Crippen molar-refractivity contribution in [2.45, 2.75) is 19.1 Å². The topological polar surface area (TPSA) is 64.7 Å². The molecule has 2 N–H and O–H groups in total. The first-order valence-corrected chi connectivity index (χ1v) is 10.0. The van der Waals surface area contributed by atoms with Gasteiger partial charge in [-0.2, -0.15) is 13.2 Å². The van der Waals surface area contributed by atoms with Gasteiger partial charge in [-0.3, -0.25) is 9.69 Å². The van der Waals surface area contributed by atoms with E-state index in [-0.39, 0.29) is 24.3 Å². The minimum atomic E-state index is -4.54. The minimum absolute atomic E-state index is 0.0396. The van der Waals surface area contributed by atoms with Crippen LogP contribution < -0.4 is 10.6 Å². The number of hydrogen-bond acceptors (Lipinski definition) is 3.